The van der Waals surface area contributed by atoms with E-state index in [0.717, 1.165) is 56.2 Å². The number of benzene rings is 2. The molecule has 2 aromatic carbocycles. The van der Waals surface area contributed by atoms with E-state index in [0.29, 0.717) is 17.8 Å². The van der Waals surface area contributed by atoms with Crippen LogP contribution in [0.2, 0.25) is 0 Å². The first kappa shape index (κ1) is 25.8. The molecule has 4 rings (SSSR count). The average molecular weight is 496 g/mol. The summed E-state index contributed by atoms with van der Waals surface area (Å²) in [5, 5.41) is 4.83. The summed E-state index contributed by atoms with van der Waals surface area (Å²) in [5.74, 6) is 0.0529. The molecule has 0 bridgehead atoms. The maximum atomic E-state index is 14.2. The van der Waals surface area contributed by atoms with Crippen LogP contribution in [0.25, 0.3) is 5.69 Å². The van der Waals surface area contributed by atoms with Gasteiger partial charge in [0.15, 0.2) is 0 Å². The number of nitrogens with zero attached hydrogens (tertiary/aromatic N) is 5. The highest BCUT2D eigenvalue weighted by Crippen LogP contribution is 2.31. The molecule has 0 saturated carbocycles. The Hall–Kier alpha value is -3.26. The van der Waals surface area contributed by atoms with Crippen LogP contribution >= 0.6 is 0 Å². The molecule has 0 radical (unpaired) electrons. The molecule has 1 saturated heterocycles. The van der Waals surface area contributed by atoms with Crippen LogP contribution in [0.5, 0.6) is 0 Å². The fraction of sp³-hybridized carbons (Fsp3) is 0.429. The molecular weight excluding hydrogens is 460 g/mol. The van der Waals surface area contributed by atoms with Gasteiger partial charge in [-0.1, -0.05) is 19.9 Å². The van der Waals surface area contributed by atoms with Crippen molar-refractivity contribution in [3.05, 3.63) is 77.0 Å². The first-order chi connectivity index (χ1) is 17.3. The molecule has 36 heavy (non-hydrogen) atoms. The van der Waals surface area contributed by atoms with Crippen LogP contribution in [0, 0.1) is 18.6 Å². The number of piperazine rings is 1. The summed E-state index contributed by atoms with van der Waals surface area (Å²) in [5.41, 5.74) is 2.84. The second-order valence-electron chi connectivity index (χ2n) is 9.40. The quantitative estimate of drug-likeness (QED) is 0.439. The smallest absolute Gasteiger partial charge is 0.254 e. The monoisotopic (exact) mass is 495 g/mol. The van der Waals surface area contributed by atoms with Crippen molar-refractivity contribution in [2.45, 2.75) is 46.7 Å². The number of hydrogen-bond acceptors (Lipinski definition) is 4. The third kappa shape index (κ3) is 5.43. The fourth-order valence-corrected chi connectivity index (χ4v) is 4.70. The van der Waals surface area contributed by atoms with Crippen molar-refractivity contribution in [2.24, 2.45) is 0 Å². The molecule has 1 aliphatic rings. The minimum atomic E-state index is -0.373. The molecule has 2 heterocycles. The maximum absolute atomic E-state index is 14.2. The molecule has 1 unspecified atom stereocenters. The van der Waals surface area contributed by atoms with Crippen molar-refractivity contribution in [2.75, 3.05) is 37.6 Å². The predicted molar refractivity (Wildman–Crippen MR) is 139 cm³/mol. The minimum Gasteiger partial charge on any atom is -0.354 e. The normalized spacial score (nSPS) is 15.2. The molecule has 192 valence electrons. The highest BCUT2D eigenvalue weighted by atomic mass is 19.1. The van der Waals surface area contributed by atoms with Crippen LogP contribution in [-0.4, -0.2) is 64.3 Å². The van der Waals surface area contributed by atoms with Gasteiger partial charge in [0, 0.05) is 43.3 Å². The van der Waals surface area contributed by atoms with Crippen molar-refractivity contribution < 1.29 is 13.6 Å². The molecule has 0 aliphatic carbocycles. The molecular formula is C28H35F2N5O. The summed E-state index contributed by atoms with van der Waals surface area (Å²) in [6.07, 6.45) is 0.772. The lowest BCUT2D eigenvalue weighted by molar-refractivity contribution is 0.0671. The molecule has 0 spiro atoms. The highest BCUT2D eigenvalue weighted by molar-refractivity contribution is 5.94. The Bertz CT molecular complexity index is 1190. The van der Waals surface area contributed by atoms with Crippen molar-refractivity contribution in [1.82, 2.24) is 19.6 Å². The van der Waals surface area contributed by atoms with Crippen LogP contribution in [0.15, 0.2) is 48.5 Å². The Morgan fingerprint density at radius 1 is 1.03 bits per heavy atom. The Balaban J connectivity index is 1.77. The van der Waals surface area contributed by atoms with Gasteiger partial charge < -0.3 is 14.7 Å². The van der Waals surface area contributed by atoms with Gasteiger partial charge in [-0.3, -0.25) is 4.79 Å². The number of carbonyl (C=O) groups excluding carboxylic acids is 1. The Labute approximate surface area is 212 Å². The highest BCUT2D eigenvalue weighted by Gasteiger charge is 2.29. The maximum Gasteiger partial charge on any atom is 0.254 e. The zero-order valence-corrected chi connectivity index (χ0v) is 21.5. The van der Waals surface area contributed by atoms with Crippen molar-refractivity contribution in [1.29, 1.82) is 0 Å². The minimum absolute atomic E-state index is 0.0377. The Kier molecular flexibility index (Phi) is 8.04. The molecule has 1 aliphatic heterocycles. The topological polar surface area (TPSA) is 44.6 Å². The van der Waals surface area contributed by atoms with Crippen molar-refractivity contribution in [3.8, 4) is 5.69 Å². The van der Waals surface area contributed by atoms with Crippen LogP contribution in [0.4, 0.5) is 14.6 Å². The van der Waals surface area contributed by atoms with Crippen LogP contribution in [-0.2, 0) is 6.54 Å². The first-order valence-electron chi connectivity index (χ1n) is 12.7. The SMILES string of the molecule is CCC(C)N(Cc1c(C)nn(-c2cccc(F)c2)c1N1CCN(CC)CC1)C(=O)c1ccc(F)cc1. The zero-order valence-electron chi connectivity index (χ0n) is 21.5. The number of halogens is 2. The second-order valence-corrected chi connectivity index (χ2v) is 9.40. The summed E-state index contributed by atoms with van der Waals surface area (Å²) < 4.78 is 29.5. The lowest BCUT2D eigenvalue weighted by atomic mass is 10.1. The number of aryl methyl sites for hydroxylation is 1. The van der Waals surface area contributed by atoms with Gasteiger partial charge in [-0.15, -0.1) is 0 Å². The predicted octanol–water partition coefficient (Wildman–Crippen LogP) is 5.04. The number of aromatic nitrogens is 2. The summed E-state index contributed by atoms with van der Waals surface area (Å²) in [7, 11) is 0. The molecule has 1 atom stereocenters. The lowest BCUT2D eigenvalue weighted by Gasteiger charge is -2.37. The summed E-state index contributed by atoms with van der Waals surface area (Å²) in [6, 6.07) is 12.1. The molecule has 1 amide bonds. The number of hydrogen-bond donors (Lipinski definition) is 0. The number of rotatable bonds is 8. The second kappa shape index (κ2) is 11.2. The third-order valence-corrected chi connectivity index (χ3v) is 7.13. The molecule has 1 aromatic heterocycles. The summed E-state index contributed by atoms with van der Waals surface area (Å²) in [6.45, 7) is 13.0. The summed E-state index contributed by atoms with van der Waals surface area (Å²) >= 11 is 0. The van der Waals surface area contributed by atoms with Crippen molar-refractivity contribution in [3.63, 3.8) is 0 Å². The van der Waals surface area contributed by atoms with E-state index in [2.05, 4.69) is 16.7 Å². The Morgan fingerprint density at radius 3 is 2.33 bits per heavy atom. The van der Waals surface area contributed by atoms with E-state index in [1.807, 2.05) is 36.4 Å². The van der Waals surface area contributed by atoms with Gasteiger partial charge in [0.05, 0.1) is 17.9 Å². The van der Waals surface area contributed by atoms with Gasteiger partial charge in [0.1, 0.15) is 17.5 Å². The van der Waals surface area contributed by atoms with Gasteiger partial charge in [-0.2, -0.15) is 5.10 Å². The number of carbonyl (C=O) groups is 1. The number of amides is 1. The third-order valence-electron chi connectivity index (χ3n) is 7.13. The molecule has 8 heteroatoms. The van der Waals surface area contributed by atoms with Crippen LogP contribution in [0.1, 0.15) is 48.8 Å². The van der Waals surface area contributed by atoms with E-state index >= 15 is 0 Å². The van der Waals surface area contributed by atoms with Gasteiger partial charge in [0.25, 0.3) is 5.91 Å². The van der Waals surface area contributed by atoms with E-state index < -0.39 is 0 Å². The fourth-order valence-electron chi connectivity index (χ4n) is 4.70. The standard InChI is InChI=1S/C28H35F2N5O/c1-5-20(3)34(28(36)22-10-12-23(29)13-11-22)19-26-21(4)31-35(25-9-7-8-24(30)18-25)27(26)33-16-14-32(6-2)15-17-33/h7-13,18,20H,5-6,14-17,19H2,1-4H3. The lowest BCUT2D eigenvalue weighted by Crippen LogP contribution is -2.47. The number of likely N-dealkylation sites (N-methyl/N-ethyl adjacent to an activating group) is 1. The first-order valence-corrected chi connectivity index (χ1v) is 12.7. The van der Waals surface area contributed by atoms with Gasteiger partial charge in [0.2, 0.25) is 0 Å². The number of anilines is 1. The van der Waals surface area contributed by atoms with Crippen molar-refractivity contribution >= 4 is 11.7 Å². The largest absolute Gasteiger partial charge is 0.354 e. The average Bonchev–Trinajstić information content (AvgIpc) is 3.22. The molecule has 0 N–H and O–H groups in total. The van der Waals surface area contributed by atoms with Gasteiger partial charge in [-0.25, -0.2) is 13.5 Å². The van der Waals surface area contributed by atoms with E-state index in [-0.39, 0.29) is 23.6 Å². The molecule has 3 aromatic rings. The van der Waals surface area contributed by atoms with Gasteiger partial charge in [-0.05, 0) is 69.3 Å². The van der Waals surface area contributed by atoms with E-state index in [9.17, 15) is 13.6 Å². The van der Waals surface area contributed by atoms with Gasteiger partial charge >= 0.3 is 0 Å². The van der Waals surface area contributed by atoms with Crippen LogP contribution < -0.4 is 4.90 Å². The Morgan fingerprint density at radius 2 is 1.72 bits per heavy atom. The van der Waals surface area contributed by atoms with E-state index in [1.54, 1.807) is 6.07 Å². The van der Waals surface area contributed by atoms with Crippen LogP contribution in [0.3, 0.4) is 0 Å². The molecule has 1 fully saturated rings. The van der Waals surface area contributed by atoms with E-state index in [4.69, 9.17) is 5.10 Å². The zero-order chi connectivity index (χ0) is 25.8. The van der Waals surface area contributed by atoms with E-state index in [1.165, 1.54) is 36.4 Å². The summed E-state index contributed by atoms with van der Waals surface area (Å²) in [4.78, 5) is 20.1. The molecule has 6 nitrogen and oxygen atoms in total.